The topological polar surface area (TPSA) is 166 Å². The maximum Gasteiger partial charge on any atom is 0.344 e. The van der Waals surface area contributed by atoms with E-state index in [2.05, 4.69) is 21.2 Å². The fourth-order valence-electron chi connectivity index (χ4n) is 3.85. The third-order valence-electron chi connectivity index (χ3n) is 5.63. The van der Waals surface area contributed by atoms with Crippen molar-refractivity contribution in [1.82, 2.24) is 16.1 Å². The number of ether oxygens (including phenoxy) is 5. The Morgan fingerprint density at radius 1 is 1.10 bits per heavy atom. The molecule has 0 saturated heterocycles. The molecule has 13 heteroatoms. The summed E-state index contributed by atoms with van der Waals surface area (Å²) in [6, 6.07) is 10.6. The molecule has 0 unspecified atom stereocenters. The van der Waals surface area contributed by atoms with Crippen LogP contribution in [0.4, 0.5) is 4.79 Å². The summed E-state index contributed by atoms with van der Waals surface area (Å²) in [7, 11) is 1.27. The monoisotopic (exact) mass is 570 g/mol. The summed E-state index contributed by atoms with van der Waals surface area (Å²) < 4.78 is 26.6. The van der Waals surface area contributed by atoms with Crippen LogP contribution in [-0.2, 0) is 19.1 Å². The highest BCUT2D eigenvalue weighted by Crippen LogP contribution is 2.34. The second-order valence-corrected chi connectivity index (χ2v) is 8.58. The third kappa shape index (κ3) is 8.86. The first kappa shape index (κ1) is 30.8. The zero-order chi connectivity index (χ0) is 29.8. The average Bonchev–Trinajstić information content (AvgIpc) is 2.95. The molecule has 1 aliphatic rings. The van der Waals surface area contributed by atoms with Gasteiger partial charge in [-0.25, -0.2) is 14.4 Å². The van der Waals surface area contributed by atoms with Crippen molar-refractivity contribution in [2.75, 3.05) is 33.5 Å². The van der Waals surface area contributed by atoms with Crippen LogP contribution in [0, 0.1) is 0 Å². The van der Waals surface area contributed by atoms with Gasteiger partial charge in [0.25, 0.3) is 0 Å². The number of aliphatic hydroxyl groups excluding tert-OH is 1. The van der Waals surface area contributed by atoms with E-state index in [-0.39, 0.29) is 25.4 Å². The molecule has 0 spiro atoms. The van der Waals surface area contributed by atoms with Crippen molar-refractivity contribution in [3.05, 3.63) is 64.9 Å². The standard InChI is InChI=1S/C28H34N4O9/c1-5-38-22-13-19(26-25(27(35)37-4)17(3)30-28(36)31-26)10-11-21(22)41-15-23(33)32-29-14-18-8-7-9-20(12-18)40-16-24(34)39-6-2/h7-14,23,26,32-33H,5-6,15-16H2,1-4H3,(H2,30,31,36)/b29-14+/t23-,26-/m0/s1. The summed E-state index contributed by atoms with van der Waals surface area (Å²) in [5.41, 5.74) is 4.46. The number of hydrazone groups is 1. The second kappa shape index (κ2) is 15.1. The van der Waals surface area contributed by atoms with Crippen molar-refractivity contribution in [2.45, 2.75) is 33.0 Å². The van der Waals surface area contributed by atoms with Gasteiger partial charge in [0.15, 0.2) is 24.3 Å². The number of esters is 2. The van der Waals surface area contributed by atoms with Crippen molar-refractivity contribution >= 4 is 24.2 Å². The first-order chi connectivity index (χ1) is 19.7. The number of benzene rings is 2. The van der Waals surface area contributed by atoms with Gasteiger partial charge in [0.2, 0.25) is 0 Å². The molecule has 0 saturated carbocycles. The van der Waals surface area contributed by atoms with Gasteiger partial charge in [-0.3, -0.25) is 5.43 Å². The van der Waals surface area contributed by atoms with E-state index in [1.807, 2.05) is 0 Å². The lowest BCUT2D eigenvalue weighted by atomic mass is 9.95. The second-order valence-electron chi connectivity index (χ2n) is 8.58. The Kier molecular flexibility index (Phi) is 11.3. The number of methoxy groups -OCH3 is 1. The van der Waals surface area contributed by atoms with E-state index in [1.54, 1.807) is 63.2 Å². The summed E-state index contributed by atoms with van der Waals surface area (Å²) in [5, 5.41) is 19.6. The number of urea groups is 1. The normalized spacial score (nSPS) is 15.4. The summed E-state index contributed by atoms with van der Waals surface area (Å²) in [6.07, 6.45) is 0.312. The minimum absolute atomic E-state index is 0.171. The largest absolute Gasteiger partial charge is 0.490 e. The average molecular weight is 571 g/mol. The number of carbonyl (C=O) groups is 3. The molecule has 0 fully saturated rings. The van der Waals surface area contributed by atoms with Crippen molar-refractivity contribution < 1.29 is 43.2 Å². The Balaban J connectivity index is 1.62. The van der Waals surface area contributed by atoms with Crippen LogP contribution in [0.1, 0.15) is 37.9 Å². The molecular formula is C28H34N4O9. The fraction of sp³-hybridized carbons (Fsp3) is 0.357. The molecular weight excluding hydrogens is 536 g/mol. The van der Waals surface area contributed by atoms with Gasteiger partial charge in [-0.1, -0.05) is 18.2 Å². The Bertz CT molecular complexity index is 1300. The van der Waals surface area contributed by atoms with Crippen LogP contribution in [0.15, 0.2) is 58.8 Å². The zero-order valence-electron chi connectivity index (χ0n) is 23.3. The smallest absolute Gasteiger partial charge is 0.344 e. The predicted molar refractivity (Wildman–Crippen MR) is 148 cm³/mol. The van der Waals surface area contributed by atoms with Crippen LogP contribution in [0.5, 0.6) is 17.2 Å². The molecule has 0 radical (unpaired) electrons. The molecule has 0 aliphatic carbocycles. The molecule has 220 valence electrons. The predicted octanol–water partition coefficient (Wildman–Crippen LogP) is 2.15. The van der Waals surface area contributed by atoms with E-state index < -0.39 is 30.2 Å². The quantitative estimate of drug-likeness (QED) is 0.114. The Morgan fingerprint density at radius 3 is 2.63 bits per heavy atom. The molecule has 1 heterocycles. The maximum atomic E-state index is 12.4. The highest BCUT2D eigenvalue weighted by Gasteiger charge is 2.32. The Morgan fingerprint density at radius 2 is 1.90 bits per heavy atom. The fourth-order valence-corrected chi connectivity index (χ4v) is 3.85. The first-order valence-electron chi connectivity index (χ1n) is 12.9. The number of amides is 2. The van der Waals surface area contributed by atoms with Crippen LogP contribution in [0.25, 0.3) is 0 Å². The van der Waals surface area contributed by atoms with Crippen molar-refractivity contribution in [1.29, 1.82) is 0 Å². The summed E-state index contributed by atoms with van der Waals surface area (Å²) in [6.45, 7) is 5.36. The zero-order valence-corrected chi connectivity index (χ0v) is 23.3. The van der Waals surface area contributed by atoms with Crippen molar-refractivity contribution in [3.63, 3.8) is 0 Å². The van der Waals surface area contributed by atoms with Crippen molar-refractivity contribution in [2.24, 2.45) is 5.10 Å². The van der Waals surface area contributed by atoms with Crippen LogP contribution >= 0.6 is 0 Å². The Hall–Kier alpha value is -4.78. The van der Waals surface area contributed by atoms with Crippen LogP contribution < -0.4 is 30.3 Å². The third-order valence-corrected chi connectivity index (χ3v) is 5.63. The number of hydrogen-bond acceptors (Lipinski definition) is 11. The lowest BCUT2D eigenvalue weighted by Gasteiger charge is -2.28. The molecule has 0 aromatic heterocycles. The van der Waals surface area contributed by atoms with E-state index in [0.29, 0.717) is 40.7 Å². The number of rotatable bonds is 14. The van der Waals surface area contributed by atoms with Gasteiger partial charge < -0.3 is 39.4 Å². The van der Waals surface area contributed by atoms with Gasteiger partial charge in [-0.15, -0.1) is 0 Å². The van der Waals surface area contributed by atoms with E-state index in [4.69, 9.17) is 23.7 Å². The molecule has 13 nitrogen and oxygen atoms in total. The van der Waals surface area contributed by atoms with Gasteiger partial charge in [0, 0.05) is 5.70 Å². The van der Waals surface area contributed by atoms with E-state index in [0.717, 1.165) is 0 Å². The van der Waals surface area contributed by atoms with Gasteiger partial charge in [-0.2, -0.15) is 5.10 Å². The minimum atomic E-state index is -1.16. The number of nitrogens with zero attached hydrogens (tertiary/aromatic N) is 1. The van der Waals surface area contributed by atoms with E-state index in [1.165, 1.54) is 13.3 Å². The lowest BCUT2D eigenvalue weighted by molar-refractivity contribution is -0.145. The molecule has 1 aliphatic heterocycles. The van der Waals surface area contributed by atoms with Crippen molar-refractivity contribution in [3.8, 4) is 17.2 Å². The first-order valence-corrected chi connectivity index (χ1v) is 12.9. The molecule has 4 N–H and O–H groups in total. The molecule has 2 atom stereocenters. The molecule has 2 aromatic carbocycles. The molecule has 2 amide bonds. The van der Waals surface area contributed by atoms with Gasteiger partial charge in [-0.05, 0) is 56.2 Å². The van der Waals surface area contributed by atoms with Crippen LogP contribution in [0.2, 0.25) is 0 Å². The SMILES string of the molecule is CCOC(=O)COc1cccc(/C=N/N[C@@H](O)COc2ccc([C@@H]3NC(=O)NC(C)=C3C(=O)OC)cc2OCC)c1. The van der Waals surface area contributed by atoms with E-state index >= 15 is 0 Å². The minimum Gasteiger partial charge on any atom is -0.490 e. The highest BCUT2D eigenvalue weighted by molar-refractivity contribution is 5.95. The number of nitrogens with one attached hydrogen (secondary N) is 3. The Labute approximate surface area is 237 Å². The lowest BCUT2D eigenvalue weighted by Crippen LogP contribution is -2.45. The number of allylic oxidation sites excluding steroid dienone is 1. The molecule has 41 heavy (non-hydrogen) atoms. The molecule has 3 rings (SSSR count). The number of aliphatic hydroxyl groups is 1. The van der Waals surface area contributed by atoms with Gasteiger partial charge in [0.1, 0.15) is 12.4 Å². The summed E-state index contributed by atoms with van der Waals surface area (Å²) in [4.78, 5) is 36.0. The van der Waals surface area contributed by atoms with Crippen LogP contribution in [0.3, 0.4) is 0 Å². The number of hydrogen-bond donors (Lipinski definition) is 4. The summed E-state index contributed by atoms with van der Waals surface area (Å²) in [5.74, 6) is 0.118. The van der Waals surface area contributed by atoms with Crippen LogP contribution in [-0.4, -0.2) is 69.1 Å². The number of carbonyl (C=O) groups excluding carboxylic acids is 3. The molecule has 0 bridgehead atoms. The summed E-state index contributed by atoms with van der Waals surface area (Å²) >= 11 is 0. The highest BCUT2D eigenvalue weighted by atomic mass is 16.6. The van der Waals surface area contributed by atoms with E-state index in [9.17, 15) is 19.5 Å². The van der Waals surface area contributed by atoms with Gasteiger partial charge in [0.05, 0.1) is 38.2 Å². The maximum absolute atomic E-state index is 12.4. The molecule has 2 aromatic rings. The van der Waals surface area contributed by atoms with Gasteiger partial charge >= 0.3 is 18.0 Å².